The van der Waals surface area contributed by atoms with Crippen molar-refractivity contribution in [3.63, 3.8) is 0 Å². The van der Waals surface area contributed by atoms with Gasteiger partial charge in [-0.05, 0) is 63.1 Å². The second kappa shape index (κ2) is 11.0. The van der Waals surface area contributed by atoms with E-state index in [1.54, 1.807) is 24.8 Å². The number of hydrogen-bond acceptors (Lipinski definition) is 4. The average Bonchev–Trinajstić information content (AvgIpc) is 2.86. The van der Waals surface area contributed by atoms with Gasteiger partial charge in [-0.1, -0.05) is 38.3 Å². The van der Waals surface area contributed by atoms with Gasteiger partial charge >= 0.3 is 0 Å². The van der Waals surface area contributed by atoms with Crippen LogP contribution < -0.4 is 5.32 Å². The minimum Gasteiger partial charge on any atom is -0.342 e. The molecular weight excluding hydrogens is 414 g/mol. The van der Waals surface area contributed by atoms with Crippen LogP contribution in [0.1, 0.15) is 95.4 Å². The number of hydrogen-bond donors (Lipinski definition) is 1. The van der Waals surface area contributed by atoms with Gasteiger partial charge in [0.25, 0.3) is 5.91 Å². The lowest BCUT2D eigenvalue weighted by molar-refractivity contribution is -0.138. The van der Waals surface area contributed by atoms with E-state index in [2.05, 4.69) is 11.4 Å². The molecule has 6 nitrogen and oxygen atoms in total. The highest BCUT2D eigenvalue weighted by Gasteiger charge is 2.35. The molecule has 2 amide bonds. The fourth-order valence-corrected chi connectivity index (χ4v) is 5.18. The monoisotopic (exact) mass is 453 g/mol. The summed E-state index contributed by atoms with van der Waals surface area (Å²) in [5.41, 5.74) is 0.535. The SMILES string of the molecule is CCC(=O)[C@H](NC(=O)c1cccc(C2CCCN(C(=O)C(C)(C)C#N)C2)c1)C1CCCCC1.[HH]. The molecule has 0 spiro atoms. The lowest BCUT2D eigenvalue weighted by Gasteiger charge is -2.36. The van der Waals surface area contributed by atoms with E-state index in [0.29, 0.717) is 25.1 Å². The second-order valence-electron chi connectivity index (χ2n) is 10.1. The first-order chi connectivity index (χ1) is 15.8. The first-order valence-corrected chi connectivity index (χ1v) is 12.4. The summed E-state index contributed by atoms with van der Waals surface area (Å²) < 4.78 is 0. The van der Waals surface area contributed by atoms with Crippen molar-refractivity contribution in [1.82, 2.24) is 10.2 Å². The van der Waals surface area contributed by atoms with Gasteiger partial charge in [-0.25, -0.2) is 0 Å². The number of nitrogens with one attached hydrogen (secondary N) is 1. The Morgan fingerprint density at radius 1 is 1.18 bits per heavy atom. The van der Waals surface area contributed by atoms with Gasteiger partial charge in [-0.2, -0.15) is 5.26 Å². The summed E-state index contributed by atoms with van der Waals surface area (Å²) in [6, 6.07) is 9.26. The number of rotatable bonds is 7. The summed E-state index contributed by atoms with van der Waals surface area (Å²) in [7, 11) is 0. The third-order valence-corrected chi connectivity index (χ3v) is 7.25. The molecule has 2 fully saturated rings. The molecule has 1 saturated carbocycles. The zero-order valence-electron chi connectivity index (χ0n) is 20.2. The Labute approximate surface area is 199 Å². The maximum atomic E-state index is 13.1. The molecule has 3 rings (SSSR count). The number of likely N-dealkylation sites (tertiary alicyclic amines) is 1. The highest BCUT2D eigenvalue weighted by Crippen LogP contribution is 2.31. The van der Waals surface area contributed by atoms with Gasteiger partial charge in [0.05, 0.1) is 12.1 Å². The molecule has 0 bridgehead atoms. The zero-order chi connectivity index (χ0) is 24.0. The molecule has 1 aliphatic carbocycles. The van der Waals surface area contributed by atoms with Gasteiger partial charge in [0, 0.05) is 32.4 Å². The Balaban J connectivity index is 0.00000408. The Morgan fingerprint density at radius 3 is 2.58 bits per heavy atom. The molecule has 2 aliphatic rings. The van der Waals surface area contributed by atoms with E-state index in [1.165, 1.54) is 6.42 Å². The van der Waals surface area contributed by atoms with E-state index < -0.39 is 11.5 Å². The topological polar surface area (TPSA) is 90.3 Å². The van der Waals surface area contributed by atoms with Crippen LogP contribution in [0.5, 0.6) is 0 Å². The van der Waals surface area contributed by atoms with Crippen LogP contribution in [0.15, 0.2) is 24.3 Å². The van der Waals surface area contributed by atoms with E-state index in [0.717, 1.165) is 44.1 Å². The molecule has 2 atom stereocenters. The van der Waals surface area contributed by atoms with Crippen LogP contribution in [0, 0.1) is 22.7 Å². The molecule has 1 aliphatic heterocycles. The first-order valence-electron chi connectivity index (χ1n) is 12.4. The number of piperidine rings is 1. The summed E-state index contributed by atoms with van der Waals surface area (Å²) in [5, 5.41) is 12.4. The van der Waals surface area contributed by atoms with Crippen LogP contribution in [0.25, 0.3) is 0 Å². The third-order valence-electron chi connectivity index (χ3n) is 7.25. The van der Waals surface area contributed by atoms with Gasteiger partial charge in [0.15, 0.2) is 5.78 Å². The third kappa shape index (κ3) is 6.01. The number of carbonyl (C=O) groups excluding carboxylic acids is 3. The van der Waals surface area contributed by atoms with Crippen LogP contribution >= 0.6 is 0 Å². The number of benzene rings is 1. The summed E-state index contributed by atoms with van der Waals surface area (Å²) in [6.07, 6.45) is 7.62. The number of Topliss-reactive ketones (excluding diaryl/α,β-unsaturated/α-hetero) is 1. The first kappa shape index (κ1) is 25.0. The predicted octanol–water partition coefficient (Wildman–Crippen LogP) is 4.85. The number of nitrogens with zero attached hydrogens (tertiary/aromatic N) is 2. The van der Waals surface area contributed by atoms with Crippen molar-refractivity contribution in [1.29, 1.82) is 5.26 Å². The minimum atomic E-state index is -1.04. The lowest BCUT2D eigenvalue weighted by Crippen LogP contribution is -2.46. The van der Waals surface area contributed by atoms with E-state index in [4.69, 9.17) is 0 Å². The van der Waals surface area contributed by atoms with Crippen LogP contribution in [0.3, 0.4) is 0 Å². The highest BCUT2D eigenvalue weighted by atomic mass is 16.2. The molecule has 0 aromatic heterocycles. The Kier molecular flexibility index (Phi) is 8.29. The minimum absolute atomic E-state index is 0. The van der Waals surface area contributed by atoms with Crippen molar-refractivity contribution in [3.05, 3.63) is 35.4 Å². The molecule has 1 N–H and O–H groups in total. The van der Waals surface area contributed by atoms with Crippen LogP contribution in [-0.2, 0) is 9.59 Å². The Morgan fingerprint density at radius 2 is 1.91 bits per heavy atom. The van der Waals surface area contributed by atoms with Crippen LogP contribution in [0.4, 0.5) is 0 Å². The normalized spacial score (nSPS) is 20.5. The molecule has 1 saturated heterocycles. The molecular formula is C27H39N3O3. The highest BCUT2D eigenvalue weighted by molar-refractivity contribution is 5.98. The van der Waals surface area contributed by atoms with Crippen molar-refractivity contribution in [2.45, 2.75) is 84.1 Å². The maximum Gasteiger partial charge on any atom is 0.251 e. The molecule has 1 aromatic carbocycles. The Bertz CT molecular complexity index is 918. The molecule has 0 radical (unpaired) electrons. The van der Waals surface area contributed by atoms with Gasteiger partial charge in [0.2, 0.25) is 5.91 Å². The molecule has 1 unspecified atom stereocenters. The van der Waals surface area contributed by atoms with Crippen LogP contribution in [-0.4, -0.2) is 41.6 Å². The lowest BCUT2D eigenvalue weighted by atomic mass is 9.81. The molecule has 1 heterocycles. The Hall–Kier alpha value is -2.68. The maximum absolute atomic E-state index is 13.1. The smallest absolute Gasteiger partial charge is 0.251 e. The van der Waals surface area contributed by atoms with Crippen molar-refractivity contribution in [3.8, 4) is 6.07 Å². The number of carbonyl (C=O) groups is 3. The van der Waals surface area contributed by atoms with Gasteiger partial charge in [0.1, 0.15) is 5.41 Å². The largest absolute Gasteiger partial charge is 0.342 e. The van der Waals surface area contributed by atoms with Crippen molar-refractivity contribution in [2.24, 2.45) is 11.3 Å². The quantitative estimate of drug-likeness (QED) is 0.639. The standard InChI is InChI=1S/C27H37N3O3.H2/c1-4-23(31)24(19-10-6-5-7-11-19)29-25(32)21-13-8-12-20(16-21)22-14-9-15-30(17-22)26(33)27(2,3)18-28;/h8,12-13,16,19,22,24H,4-7,9-11,14-15,17H2,1-3H3,(H,29,32);1H/t22?,24-;/m1./s1. The van der Waals surface area contributed by atoms with E-state index in [9.17, 15) is 19.6 Å². The fraction of sp³-hybridized carbons (Fsp3) is 0.630. The molecule has 6 heteroatoms. The predicted molar refractivity (Wildman–Crippen MR) is 130 cm³/mol. The van der Waals surface area contributed by atoms with Crippen molar-refractivity contribution in [2.75, 3.05) is 13.1 Å². The van der Waals surface area contributed by atoms with Gasteiger partial charge in [-0.15, -0.1) is 0 Å². The van der Waals surface area contributed by atoms with Crippen molar-refractivity contribution < 1.29 is 15.8 Å². The fourth-order valence-electron chi connectivity index (χ4n) is 5.18. The second-order valence-corrected chi connectivity index (χ2v) is 10.1. The van der Waals surface area contributed by atoms with E-state index >= 15 is 0 Å². The van der Waals surface area contributed by atoms with E-state index in [1.807, 2.05) is 25.1 Å². The number of ketones is 1. The zero-order valence-corrected chi connectivity index (χ0v) is 20.2. The molecule has 180 valence electrons. The van der Waals surface area contributed by atoms with E-state index in [-0.39, 0.29) is 30.9 Å². The molecule has 33 heavy (non-hydrogen) atoms. The average molecular weight is 454 g/mol. The van der Waals surface area contributed by atoms with Crippen LogP contribution in [0.2, 0.25) is 0 Å². The summed E-state index contributed by atoms with van der Waals surface area (Å²) >= 11 is 0. The van der Waals surface area contributed by atoms with Gasteiger partial charge in [-0.3, -0.25) is 14.4 Å². The van der Waals surface area contributed by atoms with Crippen molar-refractivity contribution >= 4 is 17.6 Å². The summed E-state index contributed by atoms with van der Waals surface area (Å²) in [6.45, 7) is 6.37. The van der Waals surface area contributed by atoms with Gasteiger partial charge < -0.3 is 10.2 Å². The summed E-state index contributed by atoms with van der Waals surface area (Å²) in [5.74, 6) is 0.101. The number of amides is 2. The number of nitriles is 1. The summed E-state index contributed by atoms with van der Waals surface area (Å²) in [4.78, 5) is 40.3. The molecule has 1 aromatic rings.